The summed E-state index contributed by atoms with van der Waals surface area (Å²) < 4.78 is 0. The van der Waals surface area contributed by atoms with Crippen molar-refractivity contribution in [2.24, 2.45) is 5.92 Å². The predicted octanol–water partition coefficient (Wildman–Crippen LogP) is 0.112. The van der Waals surface area contributed by atoms with E-state index in [0.717, 1.165) is 51.7 Å². The Bertz CT molecular complexity index is 291. The molecule has 0 radical (unpaired) electrons. The van der Waals surface area contributed by atoms with Gasteiger partial charge in [-0.2, -0.15) is 0 Å². The van der Waals surface area contributed by atoms with Crippen LogP contribution in [0.5, 0.6) is 0 Å². The minimum absolute atomic E-state index is 0.243. The van der Waals surface area contributed by atoms with Gasteiger partial charge in [0, 0.05) is 25.6 Å². The zero-order valence-corrected chi connectivity index (χ0v) is 9.61. The lowest BCUT2D eigenvalue weighted by molar-refractivity contribution is -0.125. The zero-order chi connectivity index (χ0) is 11.2. The fourth-order valence-corrected chi connectivity index (χ4v) is 2.61. The molecule has 0 aromatic carbocycles. The number of β-amino-alcohol motifs (C(OH)–C–C–N with tert-alkyl or cyclic N) is 1. The molecule has 3 rings (SSSR count). The molecule has 1 aliphatic heterocycles. The van der Waals surface area contributed by atoms with Gasteiger partial charge in [0.05, 0.1) is 11.6 Å². The first-order valence-electron chi connectivity index (χ1n) is 6.40. The molecule has 0 bridgehead atoms. The highest BCUT2D eigenvalue weighted by molar-refractivity contribution is 5.81. The molecule has 3 fully saturated rings. The van der Waals surface area contributed by atoms with Crippen LogP contribution in [0.4, 0.5) is 0 Å². The number of amides is 1. The molecule has 3 aliphatic rings. The molecular weight excluding hydrogens is 204 g/mol. The molecule has 2 saturated carbocycles. The van der Waals surface area contributed by atoms with Crippen molar-refractivity contribution in [1.82, 2.24) is 10.2 Å². The van der Waals surface area contributed by atoms with Gasteiger partial charge in [-0.05, 0) is 32.1 Å². The molecule has 4 nitrogen and oxygen atoms in total. The first kappa shape index (κ1) is 10.5. The van der Waals surface area contributed by atoms with Crippen LogP contribution in [-0.2, 0) is 4.79 Å². The molecule has 2 N–H and O–H groups in total. The summed E-state index contributed by atoms with van der Waals surface area (Å²) in [5.74, 6) is 0.553. The van der Waals surface area contributed by atoms with E-state index >= 15 is 0 Å². The summed E-state index contributed by atoms with van der Waals surface area (Å²) in [7, 11) is 0. The summed E-state index contributed by atoms with van der Waals surface area (Å²) in [4.78, 5) is 13.7. The quantitative estimate of drug-likeness (QED) is 0.713. The number of hydrogen-bond acceptors (Lipinski definition) is 3. The lowest BCUT2D eigenvalue weighted by Crippen LogP contribution is -2.63. The Morgan fingerprint density at radius 3 is 2.56 bits per heavy atom. The van der Waals surface area contributed by atoms with Gasteiger partial charge in [0.2, 0.25) is 5.91 Å². The molecule has 2 aliphatic carbocycles. The minimum Gasteiger partial charge on any atom is -0.389 e. The largest absolute Gasteiger partial charge is 0.389 e. The van der Waals surface area contributed by atoms with E-state index in [2.05, 4.69) is 10.2 Å². The van der Waals surface area contributed by atoms with E-state index < -0.39 is 5.60 Å². The SMILES string of the molecule is O=C(NC1CN(CC2(O)CCC2)C1)C1CC1. The molecule has 1 amide bonds. The summed E-state index contributed by atoms with van der Waals surface area (Å²) in [6, 6.07) is 0.330. The van der Waals surface area contributed by atoms with Crippen LogP contribution in [0.3, 0.4) is 0 Å². The number of carbonyl (C=O) groups excluding carboxylic acids is 1. The van der Waals surface area contributed by atoms with Gasteiger partial charge in [0.25, 0.3) is 0 Å². The fraction of sp³-hybridized carbons (Fsp3) is 0.917. The van der Waals surface area contributed by atoms with E-state index in [9.17, 15) is 9.90 Å². The van der Waals surface area contributed by atoms with Crippen LogP contribution in [-0.4, -0.2) is 47.2 Å². The van der Waals surface area contributed by atoms with Crippen molar-refractivity contribution in [1.29, 1.82) is 0 Å². The molecular formula is C12H20N2O2. The predicted molar refractivity (Wildman–Crippen MR) is 59.9 cm³/mol. The van der Waals surface area contributed by atoms with Crippen molar-refractivity contribution in [3.05, 3.63) is 0 Å². The lowest BCUT2D eigenvalue weighted by Gasteiger charge is -2.47. The Hall–Kier alpha value is -0.610. The third-order valence-electron chi connectivity index (χ3n) is 4.05. The molecule has 0 aromatic rings. The topological polar surface area (TPSA) is 52.6 Å². The second kappa shape index (κ2) is 3.70. The minimum atomic E-state index is -0.411. The number of carbonyl (C=O) groups is 1. The van der Waals surface area contributed by atoms with Crippen LogP contribution in [0.1, 0.15) is 32.1 Å². The van der Waals surface area contributed by atoms with Gasteiger partial charge in [0.1, 0.15) is 0 Å². The lowest BCUT2D eigenvalue weighted by atomic mass is 9.79. The van der Waals surface area contributed by atoms with Crippen LogP contribution >= 0.6 is 0 Å². The summed E-state index contributed by atoms with van der Waals surface area (Å²) in [6.45, 7) is 2.63. The maximum absolute atomic E-state index is 11.5. The third-order valence-corrected chi connectivity index (χ3v) is 4.05. The Labute approximate surface area is 96.0 Å². The standard InChI is InChI=1S/C12H20N2O2/c15-11(9-2-3-9)13-10-6-14(7-10)8-12(16)4-1-5-12/h9-10,16H,1-8H2,(H,13,15). The smallest absolute Gasteiger partial charge is 0.223 e. The van der Waals surface area contributed by atoms with Crippen molar-refractivity contribution in [2.45, 2.75) is 43.7 Å². The first-order chi connectivity index (χ1) is 7.65. The maximum Gasteiger partial charge on any atom is 0.223 e. The van der Waals surface area contributed by atoms with Crippen molar-refractivity contribution in [3.8, 4) is 0 Å². The van der Waals surface area contributed by atoms with E-state index in [-0.39, 0.29) is 5.91 Å². The highest BCUT2D eigenvalue weighted by atomic mass is 16.3. The number of rotatable bonds is 4. The van der Waals surface area contributed by atoms with E-state index in [4.69, 9.17) is 0 Å². The monoisotopic (exact) mass is 224 g/mol. The Kier molecular flexibility index (Phi) is 2.44. The molecule has 90 valence electrons. The Morgan fingerprint density at radius 1 is 1.38 bits per heavy atom. The van der Waals surface area contributed by atoms with Crippen molar-refractivity contribution < 1.29 is 9.90 Å². The van der Waals surface area contributed by atoms with Crippen LogP contribution < -0.4 is 5.32 Å². The zero-order valence-electron chi connectivity index (χ0n) is 9.61. The molecule has 0 aromatic heterocycles. The summed E-state index contributed by atoms with van der Waals surface area (Å²) in [5.41, 5.74) is -0.411. The second-order valence-corrected chi connectivity index (χ2v) is 5.75. The highest BCUT2D eigenvalue weighted by Gasteiger charge is 2.40. The normalized spacial score (nSPS) is 29.3. The molecule has 1 heterocycles. The average Bonchev–Trinajstić information content (AvgIpc) is 2.94. The van der Waals surface area contributed by atoms with Crippen molar-refractivity contribution >= 4 is 5.91 Å². The second-order valence-electron chi connectivity index (χ2n) is 5.75. The molecule has 16 heavy (non-hydrogen) atoms. The molecule has 4 heteroatoms. The van der Waals surface area contributed by atoms with Crippen LogP contribution in [0, 0.1) is 5.92 Å². The van der Waals surface area contributed by atoms with E-state index in [1.54, 1.807) is 0 Å². The molecule has 1 saturated heterocycles. The number of nitrogens with zero attached hydrogens (tertiary/aromatic N) is 1. The molecule has 0 spiro atoms. The van der Waals surface area contributed by atoms with Crippen molar-refractivity contribution in [3.63, 3.8) is 0 Å². The van der Waals surface area contributed by atoms with Gasteiger partial charge in [-0.15, -0.1) is 0 Å². The number of likely N-dealkylation sites (tertiary alicyclic amines) is 1. The van der Waals surface area contributed by atoms with Crippen molar-refractivity contribution in [2.75, 3.05) is 19.6 Å². The van der Waals surface area contributed by atoms with Crippen LogP contribution in [0.15, 0.2) is 0 Å². The maximum atomic E-state index is 11.5. The first-order valence-corrected chi connectivity index (χ1v) is 6.40. The third kappa shape index (κ3) is 2.09. The van der Waals surface area contributed by atoms with E-state index in [1.807, 2.05) is 0 Å². The summed E-state index contributed by atoms with van der Waals surface area (Å²) >= 11 is 0. The van der Waals surface area contributed by atoms with Gasteiger partial charge in [-0.1, -0.05) is 0 Å². The average molecular weight is 224 g/mol. The fourth-order valence-electron chi connectivity index (χ4n) is 2.61. The number of hydrogen-bond donors (Lipinski definition) is 2. The van der Waals surface area contributed by atoms with Gasteiger partial charge in [-0.25, -0.2) is 0 Å². The molecule has 0 atom stereocenters. The summed E-state index contributed by atoms with van der Waals surface area (Å²) in [5, 5.41) is 13.1. The Morgan fingerprint density at radius 2 is 2.06 bits per heavy atom. The van der Waals surface area contributed by atoms with Crippen LogP contribution in [0.2, 0.25) is 0 Å². The molecule has 0 unspecified atom stereocenters. The highest BCUT2D eigenvalue weighted by Crippen LogP contribution is 2.33. The van der Waals surface area contributed by atoms with Gasteiger partial charge in [-0.3, -0.25) is 9.69 Å². The number of aliphatic hydroxyl groups is 1. The van der Waals surface area contributed by atoms with Gasteiger partial charge >= 0.3 is 0 Å². The van der Waals surface area contributed by atoms with Gasteiger partial charge < -0.3 is 10.4 Å². The van der Waals surface area contributed by atoms with Crippen LogP contribution in [0.25, 0.3) is 0 Å². The number of nitrogens with one attached hydrogen (secondary N) is 1. The van der Waals surface area contributed by atoms with E-state index in [0.29, 0.717) is 12.0 Å². The van der Waals surface area contributed by atoms with Gasteiger partial charge in [0.15, 0.2) is 0 Å². The summed E-state index contributed by atoms with van der Waals surface area (Å²) in [6.07, 6.45) is 5.20. The van der Waals surface area contributed by atoms with E-state index in [1.165, 1.54) is 0 Å². The Balaban J connectivity index is 1.36.